The van der Waals surface area contributed by atoms with Gasteiger partial charge in [0.1, 0.15) is 6.04 Å². The minimum atomic E-state index is -0.944. The van der Waals surface area contributed by atoms with Crippen molar-refractivity contribution in [3.8, 4) is 0 Å². The predicted octanol–water partition coefficient (Wildman–Crippen LogP) is 2.69. The summed E-state index contributed by atoms with van der Waals surface area (Å²) >= 11 is 11.8. The van der Waals surface area contributed by atoms with Gasteiger partial charge in [-0.25, -0.2) is 0 Å². The number of halogens is 2. The minimum Gasteiger partial charge on any atom is -0.387 e. The molecule has 2 atom stereocenters. The van der Waals surface area contributed by atoms with Crippen molar-refractivity contribution >= 4 is 35.0 Å². The zero-order chi connectivity index (χ0) is 17.8. The van der Waals surface area contributed by atoms with E-state index < -0.39 is 17.6 Å². The molecule has 7 heteroatoms. The SMILES string of the molecule is C[C@H](NC(=O)C(C)(C)C)C(=O)NC[C@H](O)c1cc(Cl)cc(Cl)c1. The van der Waals surface area contributed by atoms with E-state index in [0.29, 0.717) is 15.6 Å². The molecule has 5 nitrogen and oxygen atoms in total. The summed E-state index contributed by atoms with van der Waals surface area (Å²) in [6, 6.07) is 4.02. The van der Waals surface area contributed by atoms with Gasteiger partial charge in [-0.3, -0.25) is 9.59 Å². The van der Waals surface area contributed by atoms with E-state index in [1.54, 1.807) is 45.9 Å². The number of benzene rings is 1. The van der Waals surface area contributed by atoms with Crippen molar-refractivity contribution in [2.75, 3.05) is 6.54 Å². The Bertz CT molecular complexity index is 565. The highest BCUT2D eigenvalue weighted by Crippen LogP contribution is 2.23. The molecule has 0 aliphatic heterocycles. The summed E-state index contributed by atoms with van der Waals surface area (Å²) in [5.41, 5.74) is -0.0693. The fourth-order valence-electron chi connectivity index (χ4n) is 1.71. The van der Waals surface area contributed by atoms with Crippen molar-refractivity contribution in [1.82, 2.24) is 10.6 Å². The van der Waals surface area contributed by atoms with Crippen LogP contribution in [0, 0.1) is 5.41 Å². The molecule has 0 bridgehead atoms. The molecule has 1 rings (SSSR count). The number of aliphatic hydroxyl groups excluding tert-OH is 1. The molecule has 0 aromatic heterocycles. The molecule has 23 heavy (non-hydrogen) atoms. The largest absolute Gasteiger partial charge is 0.387 e. The van der Waals surface area contributed by atoms with Gasteiger partial charge in [-0.05, 0) is 30.7 Å². The molecule has 0 aliphatic rings. The highest BCUT2D eigenvalue weighted by Gasteiger charge is 2.25. The van der Waals surface area contributed by atoms with Crippen LogP contribution in [-0.2, 0) is 9.59 Å². The van der Waals surface area contributed by atoms with Crippen LogP contribution < -0.4 is 10.6 Å². The number of carbonyl (C=O) groups is 2. The van der Waals surface area contributed by atoms with Crippen molar-refractivity contribution in [2.45, 2.75) is 39.8 Å². The van der Waals surface area contributed by atoms with Crippen LogP contribution in [-0.4, -0.2) is 29.5 Å². The van der Waals surface area contributed by atoms with Crippen molar-refractivity contribution in [3.63, 3.8) is 0 Å². The van der Waals surface area contributed by atoms with Gasteiger partial charge in [-0.1, -0.05) is 44.0 Å². The van der Waals surface area contributed by atoms with Crippen LogP contribution in [0.5, 0.6) is 0 Å². The standard InChI is InChI=1S/C16H22Cl2N2O3/c1-9(20-15(23)16(2,3)4)14(22)19-8-13(21)10-5-11(17)7-12(18)6-10/h5-7,9,13,21H,8H2,1-4H3,(H,19,22)(H,20,23)/t9-,13-/m0/s1. The van der Waals surface area contributed by atoms with Crippen LogP contribution in [0.4, 0.5) is 0 Å². The first-order valence-corrected chi connectivity index (χ1v) is 7.99. The number of aliphatic hydroxyl groups is 1. The van der Waals surface area contributed by atoms with Gasteiger partial charge in [-0.15, -0.1) is 0 Å². The third kappa shape index (κ3) is 6.37. The summed E-state index contributed by atoms with van der Waals surface area (Å²) in [6.45, 7) is 6.87. The highest BCUT2D eigenvalue weighted by molar-refractivity contribution is 6.34. The number of carbonyl (C=O) groups excluding carboxylic acids is 2. The zero-order valence-corrected chi connectivity index (χ0v) is 15.1. The lowest BCUT2D eigenvalue weighted by Gasteiger charge is -2.22. The molecular formula is C16H22Cl2N2O3. The third-order valence-corrected chi connectivity index (χ3v) is 3.60. The van der Waals surface area contributed by atoms with Gasteiger partial charge >= 0.3 is 0 Å². The summed E-state index contributed by atoms with van der Waals surface area (Å²) in [5, 5.41) is 16.1. The maximum atomic E-state index is 12.0. The van der Waals surface area contributed by atoms with Crippen LogP contribution in [0.25, 0.3) is 0 Å². The normalized spacial score (nSPS) is 14.0. The molecule has 1 aromatic carbocycles. The van der Waals surface area contributed by atoms with Gasteiger partial charge in [0.2, 0.25) is 11.8 Å². The molecule has 0 fully saturated rings. The lowest BCUT2D eigenvalue weighted by atomic mass is 9.95. The molecule has 0 unspecified atom stereocenters. The lowest BCUT2D eigenvalue weighted by Crippen LogP contribution is -2.48. The first kappa shape index (κ1) is 19.7. The number of hydrogen-bond donors (Lipinski definition) is 3. The molecule has 0 radical (unpaired) electrons. The highest BCUT2D eigenvalue weighted by atomic mass is 35.5. The molecule has 0 saturated carbocycles. The van der Waals surface area contributed by atoms with E-state index in [9.17, 15) is 14.7 Å². The average Bonchev–Trinajstić information content (AvgIpc) is 2.41. The van der Waals surface area contributed by atoms with E-state index in [-0.39, 0.29) is 18.4 Å². The van der Waals surface area contributed by atoms with Crippen molar-refractivity contribution in [3.05, 3.63) is 33.8 Å². The van der Waals surface area contributed by atoms with Crippen LogP contribution >= 0.6 is 23.2 Å². The Hall–Kier alpha value is -1.30. The van der Waals surface area contributed by atoms with E-state index >= 15 is 0 Å². The minimum absolute atomic E-state index is 0.00870. The Labute approximate surface area is 146 Å². The van der Waals surface area contributed by atoms with Gasteiger partial charge < -0.3 is 15.7 Å². The summed E-state index contributed by atoms with van der Waals surface area (Å²) < 4.78 is 0. The van der Waals surface area contributed by atoms with Gasteiger partial charge in [0.25, 0.3) is 0 Å². The van der Waals surface area contributed by atoms with Crippen molar-refractivity contribution in [1.29, 1.82) is 0 Å². The number of rotatable bonds is 5. The second kappa shape index (κ2) is 7.99. The molecule has 0 heterocycles. The van der Waals surface area contributed by atoms with E-state index in [1.807, 2.05) is 0 Å². The summed E-state index contributed by atoms with van der Waals surface area (Å²) in [4.78, 5) is 23.8. The summed E-state index contributed by atoms with van der Waals surface area (Å²) in [5.74, 6) is -0.600. The molecule has 3 N–H and O–H groups in total. The Morgan fingerprint density at radius 2 is 1.70 bits per heavy atom. The fourth-order valence-corrected chi connectivity index (χ4v) is 2.26. The zero-order valence-electron chi connectivity index (χ0n) is 13.6. The number of nitrogens with one attached hydrogen (secondary N) is 2. The maximum Gasteiger partial charge on any atom is 0.242 e. The maximum absolute atomic E-state index is 12.0. The molecule has 128 valence electrons. The molecule has 2 amide bonds. The second-order valence-corrected chi connectivity index (χ2v) is 7.28. The molecule has 1 aromatic rings. The number of amides is 2. The Morgan fingerprint density at radius 3 is 2.17 bits per heavy atom. The summed E-state index contributed by atoms with van der Waals surface area (Å²) in [7, 11) is 0. The van der Waals surface area contributed by atoms with Crippen molar-refractivity contribution < 1.29 is 14.7 Å². The van der Waals surface area contributed by atoms with Crippen LogP contribution in [0.3, 0.4) is 0 Å². The van der Waals surface area contributed by atoms with Crippen LogP contribution in [0.15, 0.2) is 18.2 Å². The molecule has 0 saturated heterocycles. The number of hydrogen-bond acceptors (Lipinski definition) is 3. The van der Waals surface area contributed by atoms with Crippen molar-refractivity contribution in [2.24, 2.45) is 5.41 Å². The lowest BCUT2D eigenvalue weighted by molar-refractivity contribution is -0.133. The Morgan fingerprint density at radius 1 is 1.17 bits per heavy atom. The monoisotopic (exact) mass is 360 g/mol. The predicted molar refractivity (Wildman–Crippen MR) is 91.5 cm³/mol. The summed E-state index contributed by atoms with van der Waals surface area (Å²) in [6.07, 6.45) is -0.944. The van der Waals surface area contributed by atoms with Gasteiger partial charge in [0.05, 0.1) is 6.10 Å². The van der Waals surface area contributed by atoms with E-state index in [2.05, 4.69) is 10.6 Å². The van der Waals surface area contributed by atoms with Gasteiger partial charge in [0.15, 0.2) is 0 Å². The van der Waals surface area contributed by atoms with Gasteiger partial charge in [0, 0.05) is 22.0 Å². The topological polar surface area (TPSA) is 78.4 Å². The van der Waals surface area contributed by atoms with Crippen LogP contribution in [0.2, 0.25) is 10.0 Å². The van der Waals surface area contributed by atoms with Crippen LogP contribution in [0.1, 0.15) is 39.4 Å². The fraction of sp³-hybridized carbons (Fsp3) is 0.500. The molecule has 0 spiro atoms. The quantitative estimate of drug-likeness (QED) is 0.755. The molecular weight excluding hydrogens is 339 g/mol. The first-order valence-electron chi connectivity index (χ1n) is 7.23. The third-order valence-electron chi connectivity index (χ3n) is 3.16. The second-order valence-electron chi connectivity index (χ2n) is 6.41. The van der Waals surface area contributed by atoms with E-state index in [1.165, 1.54) is 0 Å². The first-order chi connectivity index (χ1) is 10.5. The van der Waals surface area contributed by atoms with E-state index in [4.69, 9.17) is 23.2 Å². The smallest absolute Gasteiger partial charge is 0.242 e. The van der Waals surface area contributed by atoms with Gasteiger partial charge in [-0.2, -0.15) is 0 Å². The Kier molecular flexibility index (Phi) is 6.86. The molecule has 0 aliphatic carbocycles. The Balaban J connectivity index is 2.56. The average molecular weight is 361 g/mol. The van der Waals surface area contributed by atoms with E-state index in [0.717, 1.165) is 0 Å².